The molecule has 0 aromatic carbocycles. The van der Waals surface area contributed by atoms with E-state index in [4.69, 9.17) is 9.84 Å². The van der Waals surface area contributed by atoms with E-state index in [0.717, 1.165) is 19.3 Å². The zero-order valence-corrected chi connectivity index (χ0v) is 10.5. The highest BCUT2D eigenvalue weighted by Gasteiger charge is 2.17. The number of carbonyl (C=O) groups excluding carboxylic acids is 1. The fraction of sp³-hybridized carbons (Fsp3) is 0.462. The molecule has 1 aliphatic heterocycles. The van der Waals surface area contributed by atoms with Crippen molar-refractivity contribution in [3.8, 4) is 0 Å². The van der Waals surface area contributed by atoms with E-state index in [1.165, 1.54) is 12.3 Å². The molecule has 6 heteroatoms. The van der Waals surface area contributed by atoms with Crippen molar-refractivity contribution in [2.45, 2.75) is 31.8 Å². The number of aromatic nitrogens is 1. The molecule has 0 radical (unpaired) electrons. The Kier molecular flexibility index (Phi) is 4.46. The van der Waals surface area contributed by atoms with Gasteiger partial charge in [-0.25, -0.2) is 9.78 Å². The predicted octanol–water partition coefficient (Wildman–Crippen LogP) is 1.68. The minimum Gasteiger partial charge on any atom is -0.477 e. The van der Waals surface area contributed by atoms with E-state index in [1.54, 1.807) is 6.07 Å². The van der Waals surface area contributed by atoms with Crippen molar-refractivity contribution >= 4 is 17.6 Å². The van der Waals surface area contributed by atoms with Gasteiger partial charge in [-0.3, -0.25) is 4.79 Å². The molecule has 2 rings (SSSR count). The Morgan fingerprint density at radius 2 is 2.32 bits per heavy atom. The van der Waals surface area contributed by atoms with Gasteiger partial charge in [0.25, 0.3) is 0 Å². The quantitative estimate of drug-likeness (QED) is 0.863. The number of pyridine rings is 1. The number of nitrogens with one attached hydrogen (secondary N) is 1. The molecule has 1 amide bonds. The van der Waals surface area contributed by atoms with E-state index in [2.05, 4.69) is 10.3 Å². The zero-order chi connectivity index (χ0) is 13.7. The number of amides is 1. The van der Waals surface area contributed by atoms with Gasteiger partial charge >= 0.3 is 5.97 Å². The summed E-state index contributed by atoms with van der Waals surface area (Å²) in [5.74, 6) is -1.29. The molecule has 1 atom stereocenters. The Balaban J connectivity index is 1.90. The first-order chi connectivity index (χ1) is 9.15. The molecule has 0 aliphatic carbocycles. The number of anilines is 1. The SMILES string of the molecule is O=C(CC1CCCCO1)Nc1ccnc(C(=O)O)c1. The number of hydrogen-bond acceptors (Lipinski definition) is 4. The number of carboxylic acids is 1. The van der Waals surface area contributed by atoms with Gasteiger partial charge in [0.15, 0.2) is 0 Å². The summed E-state index contributed by atoms with van der Waals surface area (Å²) in [6.07, 6.45) is 4.64. The van der Waals surface area contributed by atoms with Crippen LogP contribution < -0.4 is 5.32 Å². The van der Waals surface area contributed by atoms with Crippen molar-refractivity contribution in [2.75, 3.05) is 11.9 Å². The molecule has 2 heterocycles. The molecule has 19 heavy (non-hydrogen) atoms. The molecule has 0 bridgehead atoms. The average Bonchev–Trinajstić information content (AvgIpc) is 2.40. The molecule has 1 fully saturated rings. The lowest BCUT2D eigenvalue weighted by Crippen LogP contribution is -2.25. The van der Waals surface area contributed by atoms with Crippen LogP contribution in [0.4, 0.5) is 5.69 Å². The first-order valence-electron chi connectivity index (χ1n) is 6.26. The fourth-order valence-electron chi connectivity index (χ4n) is 2.01. The highest BCUT2D eigenvalue weighted by molar-refractivity contribution is 5.93. The van der Waals surface area contributed by atoms with Crippen molar-refractivity contribution in [3.05, 3.63) is 24.0 Å². The van der Waals surface area contributed by atoms with Crippen LogP contribution in [0.25, 0.3) is 0 Å². The van der Waals surface area contributed by atoms with Gasteiger partial charge in [0.2, 0.25) is 5.91 Å². The molecule has 1 aromatic rings. The molecule has 1 aromatic heterocycles. The van der Waals surface area contributed by atoms with Crippen molar-refractivity contribution in [1.82, 2.24) is 4.98 Å². The van der Waals surface area contributed by atoms with Gasteiger partial charge in [0.05, 0.1) is 12.5 Å². The normalized spacial score (nSPS) is 18.8. The lowest BCUT2D eigenvalue weighted by atomic mass is 10.1. The standard InChI is InChI=1S/C13H16N2O4/c16-12(8-10-3-1-2-6-19-10)15-9-4-5-14-11(7-9)13(17)18/h4-5,7,10H,1-3,6,8H2,(H,17,18)(H,14,15,16). The summed E-state index contributed by atoms with van der Waals surface area (Å²) in [4.78, 5) is 26.2. The third kappa shape index (κ3) is 4.03. The van der Waals surface area contributed by atoms with Gasteiger partial charge in [-0.2, -0.15) is 0 Å². The molecular formula is C13H16N2O4. The predicted molar refractivity (Wildman–Crippen MR) is 68.0 cm³/mol. The lowest BCUT2D eigenvalue weighted by Gasteiger charge is -2.21. The zero-order valence-electron chi connectivity index (χ0n) is 10.5. The van der Waals surface area contributed by atoms with E-state index in [-0.39, 0.29) is 17.7 Å². The maximum Gasteiger partial charge on any atom is 0.354 e. The molecule has 2 N–H and O–H groups in total. The summed E-state index contributed by atoms with van der Waals surface area (Å²) < 4.78 is 5.48. The third-order valence-electron chi connectivity index (χ3n) is 2.95. The molecule has 1 unspecified atom stereocenters. The maximum absolute atomic E-state index is 11.8. The second-order valence-corrected chi connectivity index (χ2v) is 4.48. The Labute approximate surface area is 110 Å². The molecule has 1 aliphatic rings. The van der Waals surface area contributed by atoms with Crippen LogP contribution in [0.15, 0.2) is 18.3 Å². The maximum atomic E-state index is 11.8. The van der Waals surface area contributed by atoms with E-state index in [1.807, 2.05) is 0 Å². The van der Waals surface area contributed by atoms with Gasteiger partial charge in [0.1, 0.15) is 5.69 Å². The Bertz CT molecular complexity index is 469. The Morgan fingerprint density at radius 3 is 3.00 bits per heavy atom. The summed E-state index contributed by atoms with van der Waals surface area (Å²) in [7, 11) is 0. The average molecular weight is 264 g/mol. The molecule has 102 valence electrons. The van der Waals surface area contributed by atoms with E-state index >= 15 is 0 Å². The van der Waals surface area contributed by atoms with Crippen LogP contribution in [0.3, 0.4) is 0 Å². The molecule has 1 saturated heterocycles. The smallest absolute Gasteiger partial charge is 0.354 e. The summed E-state index contributed by atoms with van der Waals surface area (Å²) in [6.45, 7) is 0.705. The van der Waals surface area contributed by atoms with Crippen LogP contribution in [0.1, 0.15) is 36.2 Å². The summed E-state index contributed by atoms with van der Waals surface area (Å²) in [5.41, 5.74) is 0.347. The number of hydrogen-bond donors (Lipinski definition) is 2. The van der Waals surface area contributed by atoms with E-state index in [9.17, 15) is 9.59 Å². The van der Waals surface area contributed by atoms with E-state index in [0.29, 0.717) is 18.7 Å². The molecule has 0 saturated carbocycles. The highest BCUT2D eigenvalue weighted by atomic mass is 16.5. The van der Waals surface area contributed by atoms with E-state index < -0.39 is 5.97 Å². The van der Waals surface area contributed by atoms with Crippen molar-refractivity contribution in [1.29, 1.82) is 0 Å². The van der Waals surface area contributed by atoms with Gasteiger partial charge in [0, 0.05) is 18.5 Å². The summed E-state index contributed by atoms with van der Waals surface area (Å²) in [6, 6.07) is 2.90. The number of ether oxygens (including phenoxy) is 1. The second-order valence-electron chi connectivity index (χ2n) is 4.48. The minimum absolute atomic E-state index is 0.0328. The largest absolute Gasteiger partial charge is 0.477 e. The second kappa shape index (κ2) is 6.29. The summed E-state index contributed by atoms with van der Waals surface area (Å²) >= 11 is 0. The van der Waals surface area contributed by atoms with Crippen LogP contribution in [-0.2, 0) is 9.53 Å². The van der Waals surface area contributed by atoms with Crippen molar-refractivity contribution in [2.24, 2.45) is 0 Å². The number of carbonyl (C=O) groups is 2. The number of aromatic carboxylic acids is 1. The monoisotopic (exact) mass is 264 g/mol. The van der Waals surface area contributed by atoms with Crippen LogP contribution in [0.2, 0.25) is 0 Å². The first-order valence-corrected chi connectivity index (χ1v) is 6.26. The highest BCUT2D eigenvalue weighted by Crippen LogP contribution is 2.16. The van der Waals surface area contributed by atoms with Crippen LogP contribution in [0, 0.1) is 0 Å². The van der Waals surface area contributed by atoms with Gasteiger partial charge in [-0.1, -0.05) is 0 Å². The lowest BCUT2D eigenvalue weighted by molar-refractivity contribution is -0.119. The fourth-order valence-corrected chi connectivity index (χ4v) is 2.01. The topological polar surface area (TPSA) is 88.5 Å². The van der Waals surface area contributed by atoms with Gasteiger partial charge < -0.3 is 15.2 Å². The third-order valence-corrected chi connectivity index (χ3v) is 2.95. The van der Waals surface area contributed by atoms with Gasteiger partial charge in [-0.15, -0.1) is 0 Å². The number of carboxylic acid groups (broad SMARTS) is 1. The first kappa shape index (κ1) is 13.5. The minimum atomic E-state index is -1.12. The molecular weight excluding hydrogens is 248 g/mol. The molecule has 0 spiro atoms. The van der Waals surface area contributed by atoms with Crippen LogP contribution >= 0.6 is 0 Å². The van der Waals surface area contributed by atoms with Crippen molar-refractivity contribution in [3.63, 3.8) is 0 Å². The number of rotatable bonds is 4. The molecule has 6 nitrogen and oxygen atoms in total. The van der Waals surface area contributed by atoms with Crippen LogP contribution in [-0.4, -0.2) is 34.7 Å². The van der Waals surface area contributed by atoms with Gasteiger partial charge in [-0.05, 0) is 31.4 Å². The van der Waals surface area contributed by atoms with Crippen molar-refractivity contribution < 1.29 is 19.4 Å². The Hall–Kier alpha value is -1.95. The number of nitrogens with zero attached hydrogens (tertiary/aromatic N) is 1. The Morgan fingerprint density at radius 1 is 1.47 bits per heavy atom. The van der Waals surface area contributed by atoms with Crippen LogP contribution in [0.5, 0.6) is 0 Å². The summed E-state index contributed by atoms with van der Waals surface area (Å²) in [5, 5.41) is 11.5.